The highest BCUT2D eigenvalue weighted by Crippen LogP contribution is 2.17. The van der Waals surface area contributed by atoms with Crippen LogP contribution in [0.15, 0.2) is 11.6 Å². The molecule has 7 heteroatoms. The first kappa shape index (κ1) is 13.5. The second kappa shape index (κ2) is 5.83. The molecule has 2 aromatic heterocycles. The normalized spacial score (nSPS) is 10.6. The number of ether oxygens (including phenoxy) is 1. The van der Waals surface area contributed by atoms with E-state index in [4.69, 9.17) is 10.5 Å². The molecule has 0 amide bonds. The Bertz CT molecular complexity index is 563. The minimum absolute atomic E-state index is 0.193. The van der Waals surface area contributed by atoms with Crippen molar-refractivity contribution in [1.29, 1.82) is 0 Å². The molecule has 0 saturated heterocycles. The second-order valence-electron chi connectivity index (χ2n) is 3.94. The van der Waals surface area contributed by atoms with Crippen LogP contribution in [0.1, 0.15) is 28.2 Å². The Morgan fingerprint density at radius 2 is 2.37 bits per heavy atom. The fourth-order valence-corrected chi connectivity index (χ4v) is 2.41. The summed E-state index contributed by atoms with van der Waals surface area (Å²) in [5.74, 6) is 0.584. The third-order valence-corrected chi connectivity index (χ3v) is 3.54. The van der Waals surface area contributed by atoms with E-state index in [2.05, 4.69) is 9.97 Å². The van der Waals surface area contributed by atoms with Crippen molar-refractivity contribution >= 4 is 23.1 Å². The first-order valence-electron chi connectivity index (χ1n) is 6.01. The molecule has 102 valence electrons. The standard InChI is InChI=1S/C12H16N4O2S/c1-3-18-12(17)10-11(13)16(8(2)15-10)6-4-9-14-5-7-19-9/h5,7H,3-4,6,13H2,1-2H3. The topological polar surface area (TPSA) is 83.0 Å². The maximum atomic E-state index is 11.7. The molecule has 0 unspecified atom stereocenters. The minimum Gasteiger partial charge on any atom is -0.461 e. The van der Waals surface area contributed by atoms with Gasteiger partial charge in [0.2, 0.25) is 0 Å². The molecule has 0 atom stereocenters. The van der Waals surface area contributed by atoms with Crippen LogP contribution < -0.4 is 5.73 Å². The summed E-state index contributed by atoms with van der Waals surface area (Å²) in [4.78, 5) is 20.1. The third kappa shape index (κ3) is 2.93. The molecule has 0 aliphatic rings. The van der Waals surface area contributed by atoms with Gasteiger partial charge in [-0.1, -0.05) is 0 Å². The highest BCUT2D eigenvalue weighted by molar-refractivity contribution is 7.09. The summed E-state index contributed by atoms with van der Waals surface area (Å²) in [7, 11) is 0. The Hall–Kier alpha value is -1.89. The number of nitrogen functional groups attached to an aromatic ring is 1. The monoisotopic (exact) mass is 280 g/mol. The maximum Gasteiger partial charge on any atom is 0.360 e. The predicted octanol–water partition coefficient (Wildman–Crippen LogP) is 1.65. The summed E-state index contributed by atoms with van der Waals surface area (Å²) in [5, 5.41) is 2.97. The van der Waals surface area contributed by atoms with Gasteiger partial charge in [0.1, 0.15) is 11.6 Å². The van der Waals surface area contributed by atoms with Crippen LogP contribution >= 0.6 is 11.3 Å². The molecule has 0 aromatic carbocycles. The fourth-order valence-electron chi connectivity index (χ4n) is 1.80. The summed E-state index contributed by atoms with van der Waals surface area (Å²) in [6.45, 7) is 4.53. The molecule has 0 fully saturated rings. The molecule has 0 bridgehead atoms. The van der Waals surface area contributed by atoms with E-state index in [1.54, 1.807) is 24.5 Å². The van der Waals surface area contributed by atoms with E-state index in [1.807, 2.05) is 16.9 Å². The van der Waals surface area contributed by atoms with E-state index < -0.39 is 5.97 Å². The van der Waals surface area contributed by atoms with Gasteiger partial charge in [-0.25, -0.2) is 14.8 Å². The predicted molar refractivity (Wildman–Crippen MR) is 73.2 cm³/mol. The van der Waals surface area contributed by atoms with E-state index in [1.165, 1.54) is 0 Å². The number of rotatable bonds is 5. The van der Waals surface area contributed by atoms with E-state index in [0.29, 0.717) is 24.8 Å². The number of imidazole rings is 1. The Kier molecular flexibility index (Phi) is 4.16. The highest BCUT2D eigenvalue weighted by Gasteiger charge is 2.19. The number of thiazole rings is 1. The first-order valence-corrected chi connectivity index (χ1v) is 6.89. The van der Waals surface area contributed by atoms with Gasteiger partial charge in [0.05, 0.1) is 11.6 Å². The van der Waals surface area contributed by atoms with Crippen LogP contribution in [-0.2, 0) is 17.7 Å². The lowest BCUT2D eigenvalue weighted by Crippen LogP contribution is -2.11. The third-order valence-electron chi connectivity index (χ3n) is 2.70. The molecule has 0 saturated carbocycles. The van der Waals surface area contributed by atoms with Crippen molar-refractivity contribution in [3.05, 3.63) is 28.1 Å². The lowest BCUT2D eigenvalue weighted by atomic mass is 10.4. The van der Waals surface area contributed by atoms with Gasteiger partial charge in [0, 0.05) is 24.5 Å². The minimum atomic E-state index is -0.476. The number of hydrogen-bond donors (Lipinski definition) is 1. The zero-order chi connectivity index (χ0) is 13.8. The second-order valence-corrected chi connectivity index (χ2v) is 4.92. The van der Waals surface area contributed by atoms with E-state index >= 15 is 0 Å². The molecule has 2 heterocycles. The van der Waals surface area contributed by atoms with Gasteiger partial charge in [0.15, 0.2) is 5.69 Å². The molecule has 0 radical (unpaired) electrons. The Labute approximate surface area is 115 Å². The zero-order valence-electron chi connectivity index (χ0n) is 10.9. The number of nitrogens with two attached hydrogens (primary N) is 1. The van der Waals surface area contributed by atoms with E-state index in [0.717, 1.165) is 11.4 Å². The van der Waals surface area contributed by atoms with Crippen molar-refractivity contribution in [2.24, 2.45) is 0 Å². The Morgan fingerprint density at radius 1 is 1.58 bits per heavy atom. The number of aromatic nitrogens is 3. The molecule has 2 rings (SSSR count). The largest absolute Gasteiger partial charge is 0.461 e. The van der Waals surface area contributed by atoms with Crippen molar-refractivity contribution in [1.82, 2.24) is 14.5 Å². The molecule has 2 aromatic rings. The van der Waals surface area contributed by atoms with Crippen molar-refractivity contribution in [3.8, 4) is 0 Å². The van der Waals surface area contributed by atoms with Gasteiger partial charge in [-0.15, -0.1) is 11.3 Å². The van der Waals surface area contributed by atoms with Crippen LogP contribution in [0, 0.1) is 6.92 Å². The van der Waals surface area contributed by atoms with Gasteiger partial charge in [-0.3, -0.25) is 0 Å². The number of aryl methyl sites for hydroxylation is 2. The number of carbonyl (C=O) groups excluding carboxylic acids is 1. The number of nitrogens with zero attached hydrogens (tertiary/aromatic N) is 3. The fraction of sp³-hybridized carbons (Fsp3) is 0.417. The van der Waals surface area contributed by atoms with Crippen molar-refractivity contribution in [2.45, 2.75) is 26.8 Å². The molecule has 2 N–H and O–H groups in total. The average molecular weight is 280 g/mol. The smallest absolute Gasteiger partial charge is 0.360 e. The van der Waals surface area contributed by atoms with Gasteiger partial charge < -0.3 is 15.0 Å². The van der Waals surface area contributed by atoms with Gasteiger partial charge in [-0.05, 0) is 13.8 Å². The van der Waals surface area contributed by atoms with E-state index in [9.17, 15) is 4.79 Å². The number of esters is 1. The molecule has 0 aliphatic carbocycles. The van der Waals surface area contributed by atoms with E-state index in [-0.39, 0.29) is 5.69 Å². The van der Waals surface area contributed by atoms with Crippen molar-refractivity contribution in [3.63, 3.8) is 0 Å². The first-order chi connectivity index (χ1) is 9.13. The summed E-state index contributed by atoms with van der Waals surface area (Å²) < 4.78 is 6.74. The highest BCUT2D eigenvalue weighted by atomic mass is 32.1. The molecule has 0 spiro atoms. The van der Waals surface area contributed by atoms with Crippen LogP contribution in [0.2, 0.25) is 0 Å². The molecular formula is C12H16N4O2S. The quantitative estimate of drug-likeness (QED) is 0.842. The van der Waals surface area contributed by atoms with Crippen molar-refractivity contribution < 1.29 is 9.53 Å². The summed E-state index contributed by atoms with van der Waals surface area (Å²) in [6.07, 6.45) is 2.54. The van der Waals surface area contributed by atoms with Crippen LogP contribution in [-0.4, -0.2) is 27.1 Å². The van der Waals surface area contributed by atoms with Gasteiger partial charge in [0.25, 0.3) is 0 Å². The number of anilines is 1. The maximum absolute atomic E-state index is 11.7. The molecule has 6 nitrogen and oxygen atoms in total. The molecule has 0 aliphatic heterocycles. The lowest BCUT2D eigenvalue weighted by Gasteiger charge is -2.06. The number of hydrogen-bond acceptors (Lipinski definition) is 6. The summed E-state index contributed by atoms with van der Waals surface area (Å²) >= 11 is 1.60. The SMILES string of the molecule is CCOC(=O)c1nc(C)n(CCc2nccs2)c1N. The summed E-state index contributed by atoms with van der Waals surface area (Å²) in [6, 6.07) is 0. The molecular weight excluding hydrogens is 264 g/mol. The summed E-state index contributed by atoms with van der Waals surface area (Å²) in [5.41, 5.74) is 6.15. The number of carbonyl (C=O) groups is 1. The Balaban J connectivity index is 2.14. The molecule has 19 heavy (non-hydrogen) atoms. The van der Waals surface area contributed by atoms with Crippen molar-refractivity contribution in [2.75, 3.05) is 12.3 Å². The lowest BCUT2D eigenvalue weighted by molar-refractivity contribution is 0.0521. The Morgan fingerprint density at radius 3 is 3.00 bits per heavy atom. The van der Waals surface area contributed by atoms with Gasteiger partial charge in [-0.2, -0.15) is 0 Å². The van der Waals surface area contributed by atoms with Crippen LogP contribution in [0.3, 0.4) is 0 Å². The van der Waals surface area contributed by atoms with Crippen LogP contribution in [0.25, 0.3) is 0 Å². The zero-order valence-corrected chi connectivity index (χ0v) is 11.7. The van der Waals surface area contributed by atoms with Crippen LogP contribution in [0.5, 0.6) is 0 Å². The van der Waals surface area contributed by atoms with Gasteiger partial charge >= 0.3 is 5.97 Å². The average Bonchev–Trinajstić information content (AvgIpc) is 2.97. The van der Waals surface area contributed by atoms with Crippen LogP contribution in [0.4, 0.5) is 5.82 Å².